The van der Waals surface area contributed by atoms with Crippen molar-refractivity contribution in [3.8, 4) is 5.75 Å². The summed E-state index contributed by atoms with van der Waals surface area (Å²) in [7, 11) is 3.01. The molecule has 0 fully saturated rings. The Morgan fingerprint density at radius 3 is 2.29 bits per heavy atom. The minimum Gasteiger partial charge on any atom is -0.478 e. The molecule has 0 heterocycles. The van der Waals surface area contributed by atoms with Crippen LogP contribution in [0.3, 0.4) is 0 Å². The van der Waals surface area contributed by atoms with Crippen molar-refractivity contribution in [3.63, 3.8) is 0 Å². The van der Waals surface area contributed by atoms with Gasteiger partial charge in [0, 0.05) is 14.1 Å². The lowest BCUT2D eigenvalue weighted by Crippen LogP contribution is -2.27. The van der Waals surface area contributed by atoms with Crippen molar-refractivity contribution in [2.75, 3.05) is 20.7 Å². The van der Waals surface area contributed by atoms with Crippen LogP contribution in [0.1, 0.15) is 5.56 Å². The number of rotatable bonds is 4. The monoisotopic (exact) mass is 245 g/mol. The summed E-state index contributed by atoms with van der Waals surface area (Å²) in [6.45, 7) is -0.913. The smallest absolute Gasteiger partial charge is 0.259 e. The zero-order valence-corrected chi connectivity index (χ0v) is 9.54. The van der Waals surface area contributed by atoms with Gasteiger partial charge >= 0.3 is 0 Å². The first-order valence-electron chi connectivity index (χ1n) is 4.87. The fourth-order valence-corrected chi connectivity index (χ4v) is 1.10. The van der Waals surface area contributed by atoms with E-state index in [0.29, 0.717) is 0 Å². The standard InChI is InChI=1S/C11H13F2NO3/c1-14(2)10(16)6-17-11-8(12)3-7(5-15)4-9(11)13/h3-4,15H,5-6H2,1-2H3. The number of hydrogen-bond donors (Lipinski definition) is 1. The van der Waals surface area contributed by atoms with Gasteiger partial charge in [0.2, 0.25) is 0 Å². The number of ether oxygens (including phenoxy) is 1. The molecule has 0 saturated carbocycles. The number of carbonyl (C=O) groups excluding carboxylic acids is 1. The first-order chi connectivity index (χ1) is 7.95. The Morgan fingerprint density at radius 1 is 1.35 bits per heavy atom. The molecule has 0 spiro atoms. The molecule has 0 radical (unpaired) electrons. The number of aliphatic hydroxyl groups is 1. The molecular weight excluding hydrogens is 232 g/mol. The van der Waals surface area contributed by atoms with Gasteiger partial charge in [-0.3, -0.25) is 4.79 Å². The van der Waals surface area contributed by atoms with Gasteiger partial charge in [0.25, 0.3) is 5.91 Å². The summed E-state index contributed by atoms with van der Waals surface area (Å²) in [6, 6.07) is 1.91. The number of benzene rings is 1. The summed E-state index contributed by atoms with van der Waals surface area (Å²) in [5, 5.41) is 8.73. The number of nitrogens with zero attached hydrogens (tertiary/aromatic N) is 1. The van der Waals surface area contributed by atoms with Crippen LogP contribution in [0.25, 0.3) is 0 Å². The van der Waals surface area contributed by atoms with Crippen molar-refractivity contribution in [2.24, 2.45) is 0 Å². The highest BCUT2D eigenvalue weighted by Gasteiger charge is 2.14. The molecule has 1 aromatic carbocycles. The van der Waals surface area contributed by atoms with E-state index in [1.807, 2.05) is 0 Å². The molecule has 1 rings (SSSR count). The lowest BCUT2D eigenvalue weighted by Gasteiger charge is -2.12. The van der Waals surface area contributed by atoms with Crippen molar-refractivity contribution in [1.29, 1.82) is 0 Å². The van der Waals surface area contributed by atoms with Crippen molar-refractivity contribution >= 4 is 5.91 Å². The molecule has 1 aromatic rings. The number of hydrogen-bond acceptors (Lipinski definition) is 3. The SMILES string of the molecule is CN(C)C(=O)COc1c(F)cc(CO)cc1F. The summed E-state index contributed by atoms with van der Waals surface area (Å²) in [6.07, 6.45) is 0. The summed E-state index contributed by atoms with van der Waals surface area (Å²) in [4.78, 5) is 12.4. The van der Waals surface area contributed by atoms with E-state index in [1.165, 1.54) is 19.0 Å². The molecular formula is C11H13F2NO3. The Labute approximate surface area is 97.4 Å². The maximum Gasteiger partial charge on any atom is 0.259 e. The largest absolute Gasteiger partial charge is 0.478 e. The van der Waals surface area contributed by atoms with Crippen molar-refractivity contribution < 1.29 is 23.4 Å². The first kappa shape index (κ1) is 13.4. The lowest BCUT2D eigenvalue weighted by atomic mass is 10.2. The van der Waals surface area contributed by atoms with Crippen molar-refractivity contribution in [1.82, 2.24) is 4.90 Å². The van der Waals surface area contributed by atoms with Gasteiger partial charge < -0.3 is 14.7 Å². The fourth-order valence-electron chi connectivity index (χ4n) is 1.10. The topological polar surface area (TPSA) is 49.8 Å². The molecule has 4 nitrogen and oxygen atoms in total. The Kier molecular flexibility index (Phi) is 4.39. The molecule has 94 valence electrons. The number of carbonyl (C=O) groups is 1. The van der Waals surface area contributed by atoms with Gasteiger partial charge in [-0.1, -0.05) is 0 Å². The molecule has 0 bridgehead atoms. The van der Waals surface area contributed by atoms with E-state index >= 15 is 0 Å². The Morgan fingerprint density at radius 2 is 1.88 bits per heavy atom. The predicted molar refractivity (Wildman–Crippen MR) is 56.5 cm³/mol. The van der Waals surface area contributed by atoms with Crippen LogP contribution in [0.2, 0.25) is 0 Å². The average Bonchev–Trinajstić information content (AvgIpc) is 2.27. The van der Waals surface area contributed by atoms with Crippen molar-refractivity contribution in [2.45, 2.75) is 6.61 Å². The second-order valence-corrected chi connectivity index (χ2v) is 3.62. The minimum absolute atomic E-state index is 0.103. The summed E-state index contributed by atoms with van der Waals surface area (Å²) in [5.41, 5.74) is 0.103. The van der Waals surface area contributed by atoms with Crippen LogP contribution < -0.4 is 4.74 Å². The van der Waals surface area contributed by atoms with E-state index in [9.17, 15) is 13.6 Å². The second kappa shape index (κ2) is 5.58. The highest BCUT2D eigenvalue weighted by Crippen LogP contribution is 2.23. The maximum atomic E-state index is 13.3. The van der Waals surface area contributed by atoms with Crippen LogP contribution >= 0.6 is 0 Å². The molecule has 0 unspecified atom stereocenters. The van der Waals surface area contributed by atoms with Crippen LogP contribution in [0.5, 0.6) is 5.75 Å². The number of aliphatic hydroxyl groups excluding tert-OH is 1. The molecule has 0 aliphatic heterocycles. The third kappa shape index (κ3) is 3.39. The Balaban J connectivity index is 2.81. The van der Waals surface area contributed by atoms with E-state index in [4.69, 9.17) is 9.84 Å². The maximum absolute atomic E-state index is 13.3. The fraction of sp³-hybridized carbons (Fsp3) is 0.364. The van der Waals surface area contributed by atoms with Crippen LogP contribution in [-0.4, -0.2) is 36.6 Å². The second-order valence-electron chi connectivity index (χ2n) is 3.62. The van der Waals surface area contributed by atoms with E-state index in [-0.39, 0.29) is 5.56 Å². The molecule has 1 N–H and O–H groups in total. The molecule has 0 aliphatic rings. The zero-order chi connectivity index (χ0) is 13.0. The highest BCUT2D eigenvalue weighted by molar-refractivity contribution is 5.77. The number of amides is 1. The number of halogens is 2. The van der Waals surface area contributed by atoms with Crippen LogP contribution in [0.4, 0.5) is 8.78 Å². The predicted octanol–water partition coefficient (Wildman–Crippen LogP) is 0.924. The molecule has 17 heavy (non-hydrogen) atoms. The lowest BCUT2D eigenvalue weighted by molar-refractivity contribution is -0.130. The van der Waals surface area contributed by atoms with Crippen LogP contribution in [0.15, 0.2) is 12.1 Å². The van der Waals surface area contributed by atoms with Crippen molar-refractivity contribution in [3.05, 3.63) is 29.3 Å². The number of likely N-dealkylation sites (N-methyl/N-ethyl adjacent to an activating group) is 1. The zero-order valence-electron chi connectivity index (χ0n) is 9.54. The summed E-state index contributed by atoms with van der Waals surface area (Å²) >= 11 is 0. The van der Waals surface area contributed by atoms with Crippen LogP contribution in [-0.2, 0) is 11.4 Å². The van der Waals surface area contributed by atoms with Gasteiger partial charge in [0.05, 0.1) is 6.61 Å². The van der Waals surface area contributed by atoms with Gasteiger partial charge in [0.15, 0.2) is 24.0 Å². The third-order valence-electron chi connectivity index (χ3n) is 2.08. The van der Waals surface area contributed by atoms with Crippen LogP contribution in [0, 0.1) is 11.6 Å². The highest BCUT2D eigenvalue weighted by atomic mass is 19.1. The van der Waals surface area contributed by atoms with Gasteiger partial charge in [-0.2, -0.15) is 0 Å². The summed E-state index contributed by atoms with van der Waals surface area (Å²) in [5.74, 6) is -2.91. The molecule has 0 aromatic heterocycles. The summed E-state index contributed by atoms with van der Waals surface area (Å²) < 4.78 is 31.5. The Bertz CT molecular complexity index is 398. The molecule has 1 amide bonds. The molecule has 0 saturated heterocycles. The molecule has 0 atom stereocenters. The van der Waals surface area contributed by atoms with Gasteiger partial charge in [0.1, 0.15) is 0 Å². The van der Waals surface area contributed by atoms with E-state index in [1.54, 1.807) is 0 Å². The first-order valence-corrected chi connectivity index (χ1v) is 4.87. The van der Waals surface area contributed by atoms with Gasteiger partial charge in [-0.15, -0.1) is 0 Å². The minimum atomic E-state index is -0.944. The van der Waals surface area contributed by atoms with Gasteiger partial charge in [-0.25, -0.2) is 8.78 Å². The quantitative estimate of drug-likeness (QED) is 0.858. The Hall–Kier alpha value is -1.69. The molecule has 0 aliphatic carbocycles. The molecule has 6 heteroatoms. The van der Waals surface area contributed by atoms with E-state index in [0.717, 1.165) is 12.1 Å². The normalized spacial score (nSPS) is 10.2. The van der Waals surface area contributed by atoms with Gasteiger partial charge in [-0.05, 0) is 17.7 Å². The third-order valence-corrected chi connectivity index (χ3v) is 2.08. The van der Waals surface area contributed by atoms with E-state index in [2.05, 4.69) is 0 Å². The average molecular weight is 245 g/mol. The van der Waals surface area contributed by atoms with E-state index < -0.39 is 36.5 Å².